The van der Waals surface area contributed by atoms with Crippen molar-refractivity contribution in [1.29, 1.82) is 0 Å². The van der Waals surface area contributed by atoms with E-state index in [2.05, 4.69) is 33.1 Å². The summed E-state index contributed by atoms with van der Waals surface area (Å²) < 4.78 is 2.68. The molecule has 0 bridgehead atoms. The van der Waals surface area contributed by atoms with Crippen molar-refractivity contribution in [2.75, 3.05) is 79.2 Å². The molecule has 5 heteroatoms. The number of piperidine rings is 2. The molecule has 4 nitrogen and oxygen atoms in total. The molecular formula is C18H37N4P. The summed E-state index contributed by atoms with van der Waals surface area (Å²) in [6, 6.07) is 0. The highest BCUT2D eigenvalue weighted by Gasteiger charge is 2.26. The van der Waals surface area contributed by atoms with Crippen LogP contribution >= 0.6 is 8.73 Å². The highest BCUT2D eigenvalue weighted by Crippen LogP contribution is 2.26. The number of hydrogen-bond acceptors (Lipinski definition) is 4. The van der Waals surface area contributed by atoms with Gasteiger partial charge in [0.15, 0.2) is 0 Å². The zero-order chi connectivity index (χ0) is 16.1. The SMILES string of the molecule is CPN1CCCC(CN2CCCC(CN3CCN(C)CC3)C2)C1. The van der Waals surface area contributed by atoms with E-state index in [1.807, 2.05) is 0 Å². The van der Waals surface area contributed by atoms with Gasteiger partial charge < -0.3 is 14.7 Å². The van der Waals surface area contributed by atoms with Crippen molar-refractivity contribution in [3.05, 3.63) is 0 Å². The lowest BCUT2D eigenvalue weighted by Gasteiger charge is -2.40. The van der Waals surface area contributed by atoms with Crippen molar-refractivity contribution in [3.63, 3.8) is 0 Å². The molecule has 3 fully saturated rings. The van der Waals surface area contributed by atoms with Gasteiger partial charge in [-0.05, 0) is 57.8 Å². The molecule has 0 amide bonds. The average Bonchev–Trinajstić information content (AvgIpc) is 2.57. The molecule has 0 aromatic carbocycles. The summed E-state index contributed by atoms with van der Waals surface area (Å²) in [5.74, 6) is 1.85. The summed E-state index contributed by atoms with van der Waals surface area (Å²) in [4.78, 5) is 7.98. The van der Waals surface area contributed by atoms with E-state index in [1.54, 1.807) is 0 Å². The van der Waals surface area contributed by atoms with Gasteiger partial charge in [0.05, 0.1) is 0 Å². The summed E-state index contributed by atoms with van der Waals surface area (Å²) in [7, 11) is 3.26. The van der Waals surface area contributed by atoms with Crippen molar-refractivity contribution >= 4 is 8.73 Å². The lowest BCUT2D eigenvalue weighted by Crippen LogP contribution is -2.49. The monoisotopic (exact) mass is 340 g/mol. The van der Waals surface area contributed by atoms with E-state index in [-0.39, 0.29) is 0 Å². The highest BCUT2D eigenvalue weighted by atomic mass is 31.1. The Hall–Kier alpha value is 0.270. The lowest BCUT2D eigenvalue weighted by atomic mass is 9.94. The maximum atomic E-state index is 2.80. The predicted molar refractivity (Wildman–Crippen MR) is 102 cm³/mol. The number of nitrogens with zero attached hydrogens (tertiary/aromatic N) is 4. The molecule has 0 aliphatic carbocycles. The minimum atomic E-state index is 0.917. The Morgan fingerprint density at radius 1 is 0.783 bits per heavy atom. The first-order valence-electron chi connectivity index (χ1n) is 9.78. The quantitative estimate of drug-likeness (QED) is 0.709. The molecule has 3 aliphatic rings. The Balaban J connectivity index is 1.41. The van der Waals surface area contributed by atoms with E-state index in [4.69, 9.17) is 0 Å². The Morgan fingerprint density at radius 2 is 1.43 bits per heavy atom. The molecule has 0 spiro atoms. The van der Waals surface area contributed by atoms with Crippen LogP contribution in [0.3, 0.4) is 0 Å². The van der Waals surface area contributed by atoms with Gasteiger partial charge in [0.25, 0.3) is 0 Å². The van der Waals surface area contributed by atoms with Crippen molar-refractivity contribution in [2.24, 2.45) is 11.8 Å². The summed E-state index contributed by atoms with van der Waals surface area (Å²) >= 11 is 0. The molecule has 3 rings (SSSR count). The standard InChI is InChI=1S/C18H37N4P/c1-19-9-11-20(12-10-19)13-17-5-3-7-21(14-17)15-18-6-4-8-22(16-18)23-2/h17-18,23H,3-16H2,1-2H3. The molecule has 3 atom stereocenters. The smallest absolute Gasteiger partial charge is 0.0110 e. The van der Waals surface area contributed by atoms with Crippen LogP contribution in [0.25, 0.3) is 0 Å². The van der Waals surface area contributed by atoms with E-state index in [9.17, 15) is 0 Å². The second-order valence-electron chi connectivity index (χ2n) is 8.05. The molecule has 3 heterocycles. The third-order valence-electron chi connectivity index (χ3n) is 6.07. The zero-order valence-corrected chi connectivity index (χ0v) is 16.3. The molecule has 3 aliphatic heterocycles. The Kier molecular flexibility index (Phi) is 7.15. The largest absolute Gasteiger partial charge is 0.304 e. The van der Waals surface area contributed by atoms with E-state index >= 15 is 0 Å². The van der Waals surface area contributed by atoms with E-state index in [1.165, 1.54) is 91.1 Å². The first-order valence-corrected chi connectivity index (χ1v) is 11.2. The topological polar surface area (TPSA) is 13.0 Å². The Labute approximate surface area is 145 Å². The van der Waals surface area contributed by atoms with Crippen molar-refractivity contribution < 1.29 is 0 Å². The molecule has 0 aromatic heterocycles. The minimum absolute atomic E-state index is 0.917. The molecule has 3 unspecified atom stereocenters. The van der Waals surface area contributed by atoms with Crippen LogP contribution in [0.2, 0.25) is 0 Å². The second-order valence-corrected chi connectivity index (χ2v) is 9.13. The van der Waals surface area contributed by atoms with Gasteiger partial charge in [0, 0.05) is 58.9 Å². The van der Waals surface area contributed by atoms with Crippen LogP contribution in [-0.2, 0) is 0 Å². The molecule has 23 heavy (non-hydrogen) atoms. The molecule has 3 saturated heterocycles. The second kappa shape index (κ2) is 9.10. The number of likely N-dealkylation sites (tertiary alicyclic amines) is 1. The van der Waals surface area contributed by atoms with Gasteiger partial charge in [-0.2, -0.15) is 0 Å². The molecule has 0 aromatic rings. The normalized spacial score (nSPS) is 33.7. The average molecular weight is 340 g/mol. The van der Waals surface area contributed by atoms with Crippen molar-refractivity contribution in [1.82, 2.24) is 19.4 Å². The van der Waals surface area contributed by atoms with Gasteiger partial charge >= 0.3 is 0 Å². The van der Waals surface area contributed by atoms with Crippen molar-refractivity contribution in [3.8, 4) is 0 Å². The van der Waals surface area contributed by atoms with Crippen LogP contribution in [0.5, 0.6) is 0 Å². The van der Waals surface area contributed by atoms with Crippen LogP contribution < -0.4 is 0 Å². The molecule has 0 radical (unpaired) electrons. The summed E-state index contributed by atoms with van der Waals surface area (Å²) in [5, 5.41) is 0. The van der Waals surface area contributed by atoms with Crippen LogP contribution in [0.4, 0.5) is 0 Å². The molecule has 134 valence electrons. The van der Waals surface area contributed by atoms with Gasteiger partial charge in [0.2, 0.25) is 0 Å². The van der Waals surface area contributed by atoms with Gasteiger partial charge in [-0.3, -0.25) is 4.67 Å². The first-order chi connectivity index (χ1) is 11.2. The lowest BCUT2D eigenvalue weighted by molar-refractivity contribution is 0.0864. The number of piperazine rings is 1. The fourth-order valence-electron chi connectivity index (χ4n) is 4.64. The van der Waals surface area contributed by atoms with Gasteiger partial charge in [-0.1, -0.05) is 8.73 Å². The number of hydrogen-bond donors (Lipinski definition) is 0. The van der Waals surface area contributed by atoms with Crippen LogP contribution in [0, 0.1) is 11.8 Å². The van der Waals surface area contributed by atoms with E-state index < -0.39 is 0 Å². The van der Waals surface area contributed by atoms with Gasteiger partial charge in [0.1, 0.15) is 0 Å². The van der Waals surface area contributed by atoms with Crippen LogP contribution in [-0.4, -0.2) is 98.5 Å². The van der Waals surface area contributed by atoms with Crippen LogP contribution in [0.15, 0.2) is 0 Å². The third kappa shape index (κ3) is 5.64. The third-order valence-corrected chi connectivity index (χ3v) is 7.11. The molecular weight excluding hydrogens is 303 g/mol. The summed E-state index contributed by atoms with van der Waals surface area (Å²) in [6.07, 6.45) is 5.75. The number of rotatable bonds is 5. The first kappa shape index (κ1) is 18.1. The highest BCUT2D eigenvalue weighted by molar-refractivity contribution is 7.34. The zero-order valence-electron chi connectivity index (χ0n) is 15.3. The minimum Gasteiger partial charge on any atom is -0.304 e. The Morgan fingerprint density at radius 3 is 2.17 bits per heavy atom. The molecule has 0 N–H and O–H groups in total. The maximum absolute atomic E-state index is 2.80. The number of likely N-dealkylation sites (N-methyl/N-ethyl adjacent to an activating group) is 1. The fraction of sp³-hybridized carbons (Fsp3) is 1.00. The van der Waals surface area contributed by atoms with Crippen LogP contribution in [0.1, 0.15) is 25.7 Å². The summed E-state index contributed by atoms with van der Waals surface area (Å²) in [5.41, 5.74) is 0. The van der Waals surface area contributed by atoms with Gasteiger partial charge in [-0.15, -0.1) is 0 Å². The fourth-order valence-corrected chi connectivity index (χ4v) is 5.47. The maximum Gasteiger partial charge on any atom is 0.0110 e. The van der Waals surface area contributed by atoms with E-state index in [0.717, 1.165) is 20.6 Å². The molecule has 0 saturated carbocycles. The van der Waals surface area contributed by atoms with E-state index in [0.29, 0.717) is 0 Å². The van der Waals surface area contributed by atoms with Gasteiger partial charge in [-0.25, -0.2) is 0 Å². The predicted octanol–water partition coefficient (Wildman–Crippen LogP) is 1.88. The summed E-state index contributed by atoms with van der Waals surface area (Å²) in [6.45, 7) is 15.5. The Bertz CT molecular complexity index is 346. The van der Waals surface area contributed by atoms with Crippen molar-refractivity contribution in [2.45, 2.75) is 25.7 Å².